The van der Waals surface area contributed by atoms with Crippen molar-refractivity contribution in [3.05, 3.63) is 11.3 Å². The summed E-state index contributed by atoms with van der Waals surface area (Å²) in [5, 5.41) is 18.8. The highest BCUT2D eigenvalue weighted by Crippen LogP contribution is 2.14. The normalized spacial score (nSPS) is 18.5. The fraction of sp³-hybridized carbons (Fsp3) is 0.455. The van der Waals surface area contributed by atoms with E-state index in [9.17, 15) is 4.79 Å². The molecule has 2 heterocycles. The van der Waals surface area contributed by atoms with E-state index in [2.05, 4.69) is 15.5 Å². The zero-order valence-electron chi connectivity index (χ0n) is 10.4. The van der Waals surface area contributed by atoms with Crippen LogP contribution in [0.1, 0.15) is 24.6 Å². The predicted molar refractivity (Wildman–Crippen MR) is 72.9 cm³/mol. The van der Waals surface area contributed by atoms with Crippen molar-refractivity contribution in [1.29, 1.82) is 5.26 Å². The Labute approximate surface area is 115 Å². The molecule has 0 saturated carbocycles. The van der Waals surface area contributed by atoms with Crippen LogP contribution in [0.15, 0.2) is 0 Å². The standard InChI is InChI=1S/C11H14N6OS/c1-6-10(18)17(11(19)14-6)4-2-3-8-7(5-12)9(13)16-15-8/h6H,2-4H2,1H3,(H,14,19)(H3,13,15,16)/t6-/m1/s1. The first kappa shape index (κ1) is 13.3. The van der Waals surface area contributed by atoms with Gasteiger partial charge in [0.15, 0.2) is 10.9 Å². The Kier molecular flexibility index (Phi) is 3.66. The van der Waals surface area contributed by atoms with Crippen molar-refractivity contribution < 1.29 is 4.79 Å². The molecule has 4 N–H and O–H groups in total. The fourth-order valence-electron chi connectivity index (χ4n) is 1.98. The number of carbonyl (C=O) groups excluding carboxylic acids is 1. The lowest BCUT2D eigenvalue weighted by Crippen LogP contribution is -2.32. The van der Waals surface area contributed by atoms with Gasteiger partial charge in [0.25, 0.3) is 5.91 Å². The lowest BCUT2D eigenvalue weighted by molar-refractivity contribution is -0.126. The third-order valence-electron chi connectivity index (χ3n) is 3.01. The molecule has 1 saturated heterocycles. The number of carbonyl (C=O) groups is 1. The van der Waals surface area contributed by atoms with Gasteiger partial charge in [-0.15, -0.1) is 0 Å². The van der Waals surface area contributed by atoms with E-state index in [4.69, 9.17) is 23.2 Å². The summed E-state index contributed by atoms with van der Waals surface area (Å²) in [5.41, 5.74) is 6.62. The molecule has 7 nitrogen and oxygen atoms in total. The second-order valence-corrected chi connectivity index (χ2v) is 4.73. The first-order valence-corrected chi connectivity index (χ1v) is 6.30. The molecule has 0 spiro atoms. The molecule has 1 atom stereocenters. The average molecular weight is 278 g/mol. The van der Waals surface area contributed by atoms with Gasteiger partial charge in [-0.2, -0.15) is 10.4 Å². The molecule has 0 radical (unpaired) electrons. The van der Waals surface area contributed by atoms with Crippen LogP contribution in [0.4, 0.5) is 5.82 Å². The molecule has 1 aliphatic heterocycles. The zero-order chi connectivity index (χ0) is 14.0. The molecule has 0 unspecified atom stereocenters. The van der Waals surface area contributed by atoms with Gasteiger partial charge in [-0.1, -0.05) is 0 Å². The Bertz CT molecular complexity index is 560. The predicted octanol–water partition coefficient (Wildman–Crippen LogP) is -0.0986. The maximum atomic E-state index is 11.8. The number of H-pyrrole nitrogens is 1. The van der Waals surface area contributed by atoms with Gasteiger partial charge in [0, 0.05) is 6.54 Å². The molecule has 1 fully saturated rings. The van der Waals surface area contributed by atoms with Crippen LogP contribution < -0.4 is 11.1 Å². The molecule has 2 rings (SSSR count). The van der Waals surface area contributed by atoms with E-state index < -0.39 is 0 Å². The van der Waals surface area contributed by atoms with Gasteiger partial charge >= 0.3 is 0 Å². The summed E-state index contributed by atoms with van der Waals surface area (Å²) in [6.45, 7) is 2.29. The molecule has 0 aromatic carbocycles. The Morgan fingerprint density at radius 2 is 2.37 bits per heavy atom. The van der Waals surface area contributed by atoms with Gasteiger partial charge in [-0.25, -0.2) is 0 Å². The van der Waals surface area contributed by atoms with Crippen LogP contribution in [0.2, 0.25) is 0 Å². The summed E-state index contributed by atoms with van der Waals surface area (Å²) in [5.74, 6) is 0.190. The van der Waals surface area contributed by atoms with Crippen molar-refractivity contribution in [3.63, 3.8) is 0 Å². The smallest absolute Gasteiger partial charge is 0.250 e. The van der Waals surface area contributed by atoms with Crippen LogP contribution in [0.5, 0.6) is 0 Å². The molecular formula is C11H14N6OS. The van der Waals surface area contributed by atoms with E-state index >= 15 is 0 Å². The number of hydrogen-bond acceptors (Lipinski definition) is 5. The quantitative estimate of drug-likeness (QED) is 0.663. The molecule has 1 aromatic rings. The van der Waals surface area contributed by atoms with E-state index in [1.54, 1.807) is 11.8 Å². The molecule has 8 heteroatoms. The summed E-state index contributed by atoms with van der Waals surface area (Å²) in [6.07, 6.45) is 1.27. The lowest BCUT2D eigenvalue weighted by Gasteiger charge is -2.13. The van der Waals surface area contributed by atoms with Crippen LogP contribution in [-0.4, -0.2) is 38.7 Å². The molecule has 1 aliphatic rings. The lowest BCUT2D eigenvalue weighted by atomic mass is 10.1. The van der Waals surface area contributed by atoms with Crippen LogP contribution in [0, 0.1) is 11.3 Å². The summed E-state index contributed by atoms with van der Waals surface area (Å²) in [4.78, 5) is 13.3. The van der Waals surface area contributed by atoms with Gasteiger partial charge in [0.2, 0.25) is 0 Å². The largest absolute Gasteiger partial charge is 0.381 e. The number of nitrogens with two attached hydrogens (primary N) is 1. The molecule has 100 valence electrons. The molecule has 0 aliphatic carbocycles. The minimum atomic E-state index is -0.259. The highest BCUT2D eigenvalue weighted by atomic mass is 32.1. The van der Waals surface area contributed by atoms with Gasteiger partial charge in [-0.05, 0) is 32.0 Å². The van der Waals surface area contributed by atoms with Crippen molar-refractivity contribution in [3.8, 4) is 6.07 Å². The Balaban J connectivity index is 1.92. The number of nitrogens with zero attached hydrogens (tertiary/aromatic N) is 3. The molecule has 0 bridgehead atoms. The maximum absolute atomic E-state index is 11.8. The van der Waals surface area contributed by atoms with E-state index in [1.807, 2.05) is 6.07 Å². The van der Waals surface area contributed by atoms with Gasteiger partial charge in [0.05, 0.1) is 5.69 Å². The highest BCUT2D eigenvalue weighted by Gasteiger charge is 2.31. The number of amides is 1. The van der Waals surface area contributed by atoms with Gasteiger partial charge in [0.1, 0.15) is 17.7 Å². The van der Waals surface area contributed by atoms with Crippen molar-refractivity contribution >= 4 is 29.1 Å². The first-order valence-electron chi connectivity index (χ1n) is 5.89. The molecule has 1 amide bonds. The van der Waals surface area contributed by atoms with Gasteiger partial charge < -0.3 is 11.1 Å². The fourth-order valence-corrected chi connectivity index (χ4v) is 2.34. The second kappa shape index (κ2) is 5.24. The SMILES string of the molecule is C[C@H]1NC(=S)N(CCCc2[nH]nc(N)c2C#N)C1=O. The van der Waals surface area contributed by atoms with E-state index in [-0.39, 0.29) is 17.8 Å². The second-order valence-electron chi connectivity index (χ2n) is 4.34. The van der Waals surface area contributed by atoms with Crippen LogP contribution in [0.25, 0.3) is 0 Å². The van der Waals surface area contributed by atoms with Crippen molar-refractivity contribution in [1.82, 2.24) is 20.4 Å². The summed E-state index contributed by atoms with van der Waals surface area (Å²) in [7, 11) is 0. The van der Waals surface area contributed by atoms with Crippen LogP contribution in [0.3, 0.4) is 0 Å². The Morgan fingerprint density at radius 3 is 2.95 bits per heavy atom. The number of rotatable bonds is 4. The minimum Gasteiger partial charge on any atom is -0.381 e. The number of thiocarbonyl (C=S) groups is 1. The number of anilines is 1. The Morgan fingerprint density at radius 1 is 1.63 bits per heavy atom. The Hall–Kier alpha value is -2.14. The van der Waals surface area contributed by atoms with Crippen molar-refractivity contribution in [2.45, 2.75) is 25.8 Å². The van der Waals surface area contributed by atoms with E-state index in [0.29, 0.717) is 35.8 Å². The molecule has 19 heavy (non-hydrogen) atoms. The van der Waals surface area contributed by atoms with E-state index in [0.717, 1.165) is 0 Å². The molecular weight excluding hydrogens is 264 g/mol. The van der Waals surface area contributed by atoms with Gasteiger partial charge in [-0.3, -0.25) is 14.8 Å². The molecule has 1 aromatic heterocycles. The minimum absolute atomic E-state index is 0.0189. The zero-order valence-corrected chi connectivity index (χ0v) is 11.3. The first-order chi connectivity index (χ1) is 9.04. The van der Waals surface area contributed by atoms with Crippen molar-refractivity contribution in [2.75, 3.05) is 12.3 Å². The third-order valence-corrected chi connectivity index (χ3v) is 3.35. The number of aromatic nitrogens is 2. The average Bonchev–Trinajstić information content (AvgIpc) is 2.84. The van der Waals surface area contributed by atoms with Crippen LogP contribution >= 0.6 is 12.2 Å². The van der Waals surface area contributed by atoms with E-state index in [1.165, 1.54) is 0 Å². The summed E-state index contributed by atoms with van der Waals surface area (Å²) in [6, 6.07) is 1.75. The number of aromatic amines is 1. The number of aryl methyl sites for hydroxylation is 1. The topological polar surface area (TPSA) is 111 Å². The monoisotopic (exact) mass is 278 g/mol. The van der Waals surface area contributed by atoms with Crippen LogP contribution in [-0.2, 0) is 11.2 Å². The number of hydrogen-bond donors (Lipinski definition) is 3. The third kappa shape index (κ3) is 2.51. The summed E-state index contributed by atoms with van der Waals surface area (Å²) < 4.78 is 0. The number of nitrogens with one attached hydrogen (secondary N) is 2. The number of nitrogen functional groups attached to an aromatic ring is 1. The maximum Gasteiger partial charge on any atom is 0.250 e. The summed E-state index contributed by atoms with van der Waals surface area (Å²) >= 11 is 5.08. The highest BCUT2D eigenvalue weighted by molar-refractivity contribution is 7.80. The number of nitriles is 1. The van der Waals surface area contributed by atoms with Crippen molar-refractivity contribution in [2.24, 2.45) is 0 Å².